The third-order valence-corrected chi connectivity index (χ3v) is 3.80. The molecular weight excluding hydrogens is 260 g/mol. The molecule has 0 saturated heterocycles. The van der Waals surface area contributed by atoms with Crippen molar-refractivity contribution < 1.29 is 4.42 Å². The number of nitrogens with zero attached hydrogens (tertiary/aromatic N) is 4. The van der Waals surface area contributed by atoms with E-state index in [-0.39, 0.29) is 0 Å². The molecule has 0 atom stereocenters. The van der Waals surface area contributed by atoms with Crippen molar-refractivity contribution in [1.29, 1.82) is 0 Å². The summed E-state index contributed by atoms with van der Waals surface area (Å²) in [4.78, 5) is 0. The molecule has 104 valence electrons. The number of thioether (sulfide) groups is 1. The highest BCUT2D eigenvalue weighted by Crippen LogP contribution is 2.24. The van der Waals surface area contributed by atoms with Gasteiger partial charge in [-0.3, -0.25) is 4.68 Å². The first-order valence-corrected chi connectivity index (χ1v) is 7.72. The molecule has 2 rings (SSSR count). The topological polar surface area (TPSA) is 56.7 Å². The molecular formula is C13H20N4OS. The summed E-state index contributed by atoms with van der Waals surface area (Å²) in [6.45, 7) is 4.28. The zero-order valence-corrected chi connectivity index (χ0v) is 12.5. The number of aryl methyl sites for hydroxylation is 2. The first-order valence-electron chi connectivity index (χ1n) is 6.74. The highest BCUT2D eigenvalue weighted by molar-refractivity contribution is 7.99. The molecule has 0 unspecified atom stereocenters. The molecule has 2 aromatic rings. The van der Waals surface area contributed by atoms with Gasteiger partial charge in [-0.05, 0) is 18.9 Å². The molecule has 0 aliphatic carbocycles. The number of rotatable bonds is 7. The van der Waals surface area contributed by atoms with Gasteiger partial charge in [0.25, 0.3) is 11.1 Å². The molecule has 0 spiro atoms. The van der Waals surface area contributed by atoms with Crippen LogP contribution in [0.5, 0.6) is 0 Å². The molecule has 2 aromatic heterocycles. The van der Waals surface area contributed by atoms with Crippen LogP contribution >= 0.6 is 11.8 Å². The van der Waals surface area contributed by atoms with Crippen molar-refractivity contribution in [2.24, 2.45) is 7.05 Å². The second kappa shape index (κ2) is 6.75. The van der Waals surface area contributed by atoms with Crippen molar-refractivity contribution in [3.05, 3.63) is 11.8 Å². The van der Waals surface area contributed by atoms with Crippen molar-refractivity contribution in [2.45, 2.75) is 44.8 Å². The zero-order chi connectivity index (χ0) is 13.7. The maximum Gasteiger partial charge on any atom is 0.276 e. The van der Waals surface area contributed by atoms with E-state index in [0.29, 0.717) is 11.1 Å². The fraction of sp³-hybridized carbons (Fsp3) is 0.615. The van der Waals surface area contributed by atoms with Crippen molar-refractivity contribution in [2.75, 3.05) is 5.75 Å². The number of unbranched alkanes of at least 4 members (excludes halogenated alkanes) is 2. The molecule has 5 nitrogen and oxygen atoms in total. The van der Waals surface area contributed by atoms with Gasteiger partial charge >= 0.3 is 0 Å². The van der Waals surface area contributed by atoms with E-state index in [4.69, 9.17) is 4.42 Å². The predicted molar refractivity (Wildman–Crippen MR) is 76.1 cm³/mol. The molecule has 0 aromatic carbocycles. The maximum absolute atomic E-state index is 5.67. The van der Waals surface area contributed by atoms with Crippen LogP contribution in [0.15, 0.2) is 15.7 Å². The molecule has 0 saturated carbocycles. The minimum absolute atomic E-state index is 0.549. The monoisotopic (exact) mass is 280 g/mol. The second-order valence-electron chi connectivity index (χ2n) is 4.43. The van der Waals surface area contributed by atoms with Gasteiger partial charge in [0.15, 0.2) is 0 Å². The lowest BCUT2D eigenvalue weighted by atomic mass is 10.3. The molecule has 0 aliphatic rings. The third-order valence-electron chi connectivity index (χ3n) is 2.89. The largest absolute Gasteiger partial charge is 0.410 e. The standard InChI is InChI=1S/C13H20N4OS/c1-4-6-7-8-19-13-15-14-12(18-13)11-9-10(5-2)16-17(11)3/h9H,4-8H2,1-3H3. The van der Waals surface area contributed by atoms with Gasteiger partial charge in [-0.1, -0.05) is 38.5 Å². The SMILES string of the molecule is CCCCCSc1nnc(-c2cc(CC)nn2C)o1. The average Bonchev–Trinajstić information content (AvgIpc) is 3.01. The van der Waals surface area contributed by atoms with Gasteiger partial charge < -0.3 is 4.42 Å². The van der Waals surface area contributed by atoms with Gasteiger partial charge in [0.1, 0.15) is 5.69 Å². The molecule has 0 N–H and O–H groups in total. The Labute approximate surface area is 117 Å². The van der Waals surface area contributed by atoms with Crippen molar-refractivity contribution in [3.8, 4) is 11.6 Å². The van der Waals surface area contributed by atoms with E-state index < -0.39 is 0 Å². The van der Waals surface area contributed by atoms with Gasteiger partial charge in [-0.25, -0.2) is 0 Å². The Bertz CT molecular complexity index is 520. The third kappa shape index (κ3) is 3.59. The Morgan fingerprint density at radius 2 is 2.11 bits per heavy atom. The van der Waals surface area contributed by atoms with E-state index in [1.165, 1.54) is 19.3 Å². The van der Waals surface area contributed by atoms with Crippen LogP contribution in [0, 0.1) is 0 Å². The maximum atomic E-state index is 5.67. The van der Waals surface area contributed by atoms with E-state index in [1.54, 1.807) is 16.4 Å². The number of aromatic nitrogens is 4. The van der Waals surface area contributed by atoms with Gasteiger partial charge in [-0.2, -0.15) is 5.10 Å². The first kappa shape index (κ1) is 14.1. The van der Waals surface area contributed by atoms with Crippen LogP contribution in [0.25, 0.3) is 11.6 Å². The lowest BCUT2D eigenvalue weighted by Crippen LogP contribution is -1.94. The quantitative estimate of drug-likeness (QED) is 0.575. The zero-order valence-electron chi connectivity index (χ0n) is 11.7. The van der Waals surface area contributed by atoms with E-state index in [9.17, 15) is 0 Å². The lowest BCUT2D eigenvalue weighted by molar-refractivity contribution is 0.461. The van der Waals surface area contributed by atoms with E-state index >= 15 is 0 Å². The van der Waals surface area contributed by atoms with Crippen molar-refractivity contribution in [1.82, 2.24) is 20.0 Å². The Morgan fingerprint density at radius 3 is 2.79 bits per heavy atom. The van der Waals surface area contributed by atoms with Crippen LogP contribution in [0.3, 0.4) is 0 Å². The molecule has 0 aliphatic heterocycles. The summed E-state index contributed by atoms with van der Waals surface area (Å²) >= 11 is 1.62. The predicted octanol–water partition coefficient (Wildman–Crippen LogP) is 3.31. The number of hydrogen-bond donors (Lipinski definition) is 0. The summed E-state index contributed by atoms with van der Waals surface area (Å²) in [5, 5.41) is 13.2. The van der Waals surface area contributed by atoms with E-state index in [1.807, 2.05) is 13.1 Å². The molecule has 0 fully saturated rings. The summed E-state index contributed by atoms with van der Waals surface area (Å²) in [5.41, 5.74) is 1.91. The summed E-state index contributed by atoms with van der Waals surface area (Å²) < 4.78 is 7.46. The van der Waals surface area contributed by atoms with Crippen LogP contribution in [0.2, 0.25) is 0 Å². The van der Waals surface area contributed by atoms with Gasteiger partial charge in [0, 0.05) is 12.8 Å². The highest BCUT2D eigenvalue weighted by Gasteiger charge is 2.13. The second-order valence-corrected chi connectivity index (χ2v) is 5.47. The first-order chi connectivity index (χ1) is 9.24. The van der Waals surface area contributed by atoms with Crippen molar-refractivity contribution >= 4 is 11.8 Å². The normalized spacial score (nSPS) is 11.1. The molecule has 0 radical (unpaired) electrons. The van der Waals surface area contributed by atoms with Crippen LogP contribution in [0.1, 0.15) is 38.8 Å². The molecule has 0 bridgehead atoms. The Kier molecular flexibility index (Phi) is 5.01. The molecule has 19 heavy (non-hydrogen) atoms. The van der Waals surface area contributed by atoms with Crippen LogP contribution in [-0.4, -0.2) is 25.7 Å². The van der Waals surface area contributed by atoms with Crippen LogP contribution in [0.4, 0.5) is 0 Å². The molecule has 2 heterocycles. The minimum Gasteiger partial charge on any atom is -0.410 e. The summed E-state index contributed by atoms with van der Waals surface area (Å²) in [6.07, 6.45) is 4.56. The summed E-state index contributed by atoms with van der Waals surface area (Å²) in [7, 11) is 1.90. The smallest absolute Gasteiger partial charge is 0.276 e. The molecule has 0 amide bonds. The fourth-order valence-corrected chi connectivity index (χ4v) is 2.54. The van der Waals surface area contributed by atoms with E-state index in [2.05, 4.69) is 29.1 Å². The van der Waals surface area contributed by atoms with Gasteiger partial charge in [0.2, 0.25) is 0 Å². The Morgan fingerprint density at radius 1 is 1.26 bits per heavy atom. The lowest BCUT2D eigenvalue weighted by Gasteiger charge is -1.95. The van der Waals surface area contributed by atoms with Crippen LogP contribution < -0.4 is 0 Å². The van der Waals surface area contributed by atoms with Gasteiger partial charge in [-0.15, -0.1) is 10.2 Å². The average molecular weight is 280 g/mol. The molecule has 6 heteroatoms. The number of hydrogen-bond acceptors (Lipinski definition) is 5. The van der Waals surface area contributed by atoms with Gasteiger partial charge in [0.05, 0.1) is 5.69 Å². The fourth-order valence-electron chi connectivity index (χ4n) is 1.78. The minimum atomic E-state index is 0.549. The Balaban J connectivity index is 2.01. The van der Waals surface area contributed by atoms with Crippen molar-refractivity contribution in [3.63, 3.8) is 0 Å². The van der Waals surface area contributed by atoms with Crippen LogP contribution in [-0.2, 0) is 13.5 Å². The summed E-state index contributed by atoms with van der Waals surface area (Å²) in [6, 6.07) is 2.00. The Hall–Kier alpha value is -1.30. The highest BCUT2D eigenvalue weighted by atomic mass is 32.2. The summed E-state index contributed by atoms with van der Waals surface area (Å²) in [5.74, 6) is 1.58. The van der Waals surface area contributed by atoms with E-state index in [0.717, 1.165) is 23.6 Å².